The SMILES string of the molecule is Cc1n([C@@H]2CC[C@H](C(C(N)=O)(c3ccccc3)c3ccccc3)C2)cc[n+]1CC1CO1.[Br-]. The number of rotatable bonds is 7. The normalized spacial score (nSPS) is 22.3. The monoisotopic (exact) mass is 495 g/mol. The van der Waals surface area contributed by atoms with Gasteiger partial charge in [0.15, 0.2) is 0 Å². The van der Waals surface area contributed by atoms with Gasteiger partial charge in [-0.15, -0.1) is 0 Å². The number of epoxide rings is 1. The van der Waals surface area contributed by atoms with Crippen molar-refractivity contribution >= 4 is 5.91 Å². The fraction of sp³-hybridized carbons (Fsp3) is 0.385. The van der Waals surface area contributed by atoms with Gasteiger partial charge in [-0.05, 0) is 36.3 Å². The van der Waals surface area contributed by atoms with Crippen LogP contribution in [0.1, 0.15) is 42.3 Å². The highest BCUT2D eigenvalue weighted by molar-refractivity contribution is 5.91. The molecule has 1 saturated heterocycles. The summed E-state index contributed by atoms with van der Waals surface area (Å²) < 4.78 is 10.1. The molecule has 2 aromatic carbocycles. The predicted molar refractivity (Wildman–Crippen MR) is 118 cm³/mol. The summed E-state index contributed by atoms with van der Waals surface area (Å²) >= 11 is 0. The van der Waals surface area contributed by atoms with Crippen LogP contribution in [0, 0.1) is 12.8 Å². The molecule has 2 aliphatic rings. The maximum absolute atomic E-state index is 13.2. The molecule has 1 saturated carbocycles. The third-order valence-electron chi connectivity index (χ3n) is 7.26. The van der Waals surface area contributed by atoms with E-state index in [0.717, 1.165) is 43.5 Å². The minimum Gasteiger partial charge on any atom is -1.00 e. The number of nitrogens with zero attached hydrogens (tertiary/aromatic N) is 2. The molecular formula is C26H30BrN3O2. The van der Waals surface area contributed by atoms with Gasteiger partial charge in [-0.2, -0.15) is 0 Å². The Hall–Kier alpha value is -2.44. The molecule has 3 atom stereocenters. The molecule has 1 aliphatic heterocycles. The zero-order valence-corrected chi connectivity index (χ0v) is 19.9. The van der Waals surface area contributed by atoms with Gasteiger partial charge in [0, 0.05) is 6.92 Å². The first-order valence-corrected chi connectivity index (χ1v) is 11.2. The van der Waals surface area contributed by atoms with Crippen LogP contribution in [0.5, 0.6) is 0 Å². The van der Waals surface area contributed by atoms with Crippen LogP contribution in [0.2, 0.25) is 0 Å². The number of primary amides is 1. The minimum absolute atomic E-state index is 0. The number of aromatic nitrogens is 2. The van der Waals surface area contributed by atoms with Gasteiger partial charge in [0.1, 0.15) is 36.5 Å². The van der Waals surface area contributed by atoms with Crippen LogP contribution in [0.15, 0.2) is 73.1 Å². The van der Waals surface area contributed by atoms with E-state index < -0.39 is 5.41 Å². The second-order valence-corrected chi connectivity index (χ2v) is 8.93. The Bertz CT molecular complexity index is 1020. The smallest absolute Gasteiger partial charge is 0.253 e. The number of imidazole rings is 1. The van der Waals surface area contributed by atoms with Gasteiger partial charge in [-0.1, -0.05) is 60.7 Å². The van der Waals surface area contributed by atoms with Crippen LogP contribution in [0.3, 0.4) is 0 Å². The Morgan fingerprint density at radius 1 is 1.09 bits per heavy atom. The van der Waals surface area contributed by atoms with Crippen molar-refractivity contribution in [2.45, 2.75) is 50.3 Å². The van der Waals surface area contributed by atoms with Crippen LogP contribution >= 0.6 is 0 Å². The van der Waals surface area contributed by atoms with Crippen molar-refractivity contribution < 1.29 is 31.1 Å². The molecule has 6 heteroatoms. The van der Waals surface area contributed by atoms with Crippen LogP contribution in [0.25, 0.3) is 0 Å². The van der Waals surface area contributed by atoms with E-state index >= 15 is 0 Å². The molecule has 2 fully saturated rings. The lowest BCUT2D eigenvalue weighted by atomic mass is 9.64. The molecule has 1 amide bonds. The number of amides is 1. The summed E-state index contributed by atoms with van der Waals surface area (Å²) in [4.78, 5) is 13.2. The van der Waals surface area contributed by atoms with E-state index in [1.54, 1.807) is 0 Å². The average molecular weight is 496 g/mol. The van der Waals surface area contributed by atoms with Crippen LogP contribution < -0.4 is 27.3 Å². The fourth-order valence-corrected chi connectivity index (χ4v) is 5.62. The zero-order valence-electron chi connectivity index (χ0n) is 18.4. The van der Waals surface area contributed by atoms with Gasteiger partial charge in [-0.25, -0.2) is 9.13 Å². The first kappa shape index (κ1) is 22.7. The van der Waals surface area contributed by atoms with Crippen molar-refractivity contribution in [3.8, 4) is 0 Å². The average Bonchev–Trinajstić information content (AvgIpc) is 3.36. The number of carbonyl (C=O) groups is 1. The molecule has 0 bridgehead atoms. The summed E-state index contributed by atoms with van der Waals surface area (Å²) in [6.45, 7) is 3.94. The quantitative estimate of drug-likeness (QED) is 0.378. The maximum atomic E-state index is 13.2. The first-order valence-electron chi connectivity index (χ1n) is 11.2. The number of carbonyl (C=O) groups excluding carboxylic acids is 1. The second-order valence-electron chi connectivity index (χ2n) is 8.93. The van der Waals surface area contributed by atoms with Gasteiger partial charge in [0.2, 0.25) is 5.91 Å². The molecule has 2 heterocycles. The summed E-state index contributed by atoms with van der Waals surface area (Å²) in [6, 6.07) is 20.5. The Labute approximate surface area is 200 Å². The minimum atomic E-state index is -0.823. The van der Waals surface area contributed by atoms with Crippen molar-refractivity contribution in [3.05, 3.63) is 90.0 Å². The van der Waals surface area contributed by atoms with Crippen molar-refractivity contribution in [3.63, 3.8) is 0 Å². The van der Waals surface area contributed by atoms with Gasteiger partial charge in [-0.3, -0.25) is 4.79 Å². The highest BCUT2D eigenvalue weighted by Crippen LogP contribution is 2.49. The Morgan fingerprint density at radius 2 is 1.69 bits per heavy atom. The van der Waals surface area contributed by atoms with E-state index in [-0.39, 0.29) is 28.8 Å². The second kappa shape index (κ2) is 9.20. The van der Waals surface area contributed by atoms with E-state index in [4.69, 9.17) is 10.5 Å². The molecular weight excluding hydrogens is 466 g/mol. The Morgan fingerprint density at radius 3 is 2.22 bits per heavy atom. The zero-order chi connectivity index (χ0) is 21.4. The molecule has 32 heavy (non-hydrogen) atoms. The van der Waals surface area contributed by atoms with E-state index in [1.165, 1.54) is 5.82 Å². The number of nitrogens with two attached hydrogens (primary N) is 1. The summed E-state index contributed by atoms with van der Waals surface area (Å²) in [5.74, 6) is 1.12. The third-order valence-corrected chi connectivity index (χ3v) is 7.26. The maximum Gasteiger partial charge on any atom is 0.253 e. The van der Waals surface area contributed by atoms with Crippen LogP contribution in [-0.2, 0) is 21.5 Å². The standard InChI is InChI=1S/C26H29N3O2.BrH/c1-19-28(17-24-18-31-24)14-15-29(19)23-13-12-22(16-23)26(25(27)30,20-8-4-2-5-9-20)21-10-6-3-7-11-21;/h2-11,14-15,22-24H,12-13,16-18H2,1H3,(H-,27,30);1H/t22-,23+,24?;/m0./s1. The molecule has 2 N–H and O–H groups in total. The van der Waals surface area contributed by atoms with Gasteiger partial charge in [0.05, 0.1) is 6.61 Å². The highest BCUT2D eigenvalue weighted by Gasteiger charge is 2.51. The van der Waals surface area contributed by atoms with E-state index in [0.29, 0.717) is 12.1 Å². The summed E-state index contributed by atoms with van der Waals surface area (Å²) in [6.07, 6.45) is 7.61. The topological polar surface area (TPSA) is 64.4 Å². The molecule has 5 rings (SSSR count). The Balaban J connectivity index is 0.00000245. The largest absolute Gasteiger partial charge is 1.00 e. The molecule has 3 aromatic rings. The number of hydrogen-bond acceptors (Lipinski definition) is 2. The van der Waals surface area contributed by atoms with Crippen molar-refractivity contribution in [2.24, 2.45) is 11.7 Å². The summed E-state index contributed by atoms with van der Waals surface area (Å²) in [5.41, 5.74) is 7.39. The van der Waals surface area contributed by atoms with E-state index in [9.17, 15) is 4.79 Å². The molecule has 1 aromatic heterocycles. The summed E-state index contributed by atoms with van der Waals surface area (Å²) in [5, 5.41) is 0. The fourth-order valence-electron chi connectivity index (χ4n) is 5.62. The molecule has 1 unspecified atom stereocenters. The number of benzene rings is 2. The van der Waals surface area contributed by atoms with Crippen molar-refractivity contribution in [2.75, 3.05) is 6.61 Å². The first-order chi connectivity index (χ1) is 15.1. The molecule has 1 aliphatic carbocycles. The van der Waals surface area contributed by atoms with Crippen molar-refractivity contribution in [1.82, 2.24) is 4.57 Å². The lowest BCUT2D eigenvalue weighted by Gasteiger charge is -2.37. The highest BCUT2D eigenvalue weighted by atomic mass is 79.9. The van der Waals surface area contributed by atoms with E-state index in [2.05, 4.69) is 52.7 Å². The summed E-state index contributed by atoms with van der Waals surface area (Å²) in [7, 11) is 0. The van der Waals surface area contributed by atoms with Crippen LogP contribution in [-0.4, -0.2) is 23.2 Å². The molecule has 168 valence electrons. The van der Waals surface area contributed by atoms with Gasteiger partial charge < -0.3 is 27.5 Å². The molecule has 5 nitrogen and oxygen atoms in total. The van der Waals surface area contributed by atoms with Gasteiger partial charge >= 0.3 is 0 Å². The van der Waals surface area contributed by atoms with Gasteiger partial charge in [0.25, 0.3) is 5.82 Å². The lowest BCUT2D eigenvalue weighted by molar-refractivity contribution is -0.703. The Kier molecular flexibility index (Phi) is 6.54. The number of halogens is 1. The molecule has 0 spiro atoms. The third kappa shape index (κ3) is 3.90. The molecule has 0 radical (unpaired) electrons. The van der Waals surface area contributed by atoms with Crippen LogP contribution in [0.4, 0.5) is 0 Å². The number of hydrogen-bond donors (Lipinski definition) is 1. The van der Waals surface area contributed by atoms with E-state index in [1.807, 2.05) is 36.4 Å². The van der Waals surface area contributed by atoms with Crippen molar-refractivity contribution in [1.29, 1.82) is 0 Å². The number of ether oxygens (including phenoxy) is 1. The predicted octanol–water partition coefficient (Wildman–Crippen LogP) is 0.300. The lowest BCUT2D eigenvalue weighted by Crippen LogP contribution is -3.00.